The van der Waals surface area contributed by atoms with Crippen molar-refractivity contribution < 1.29 is 4.74 Å². The van der Waals surface area contributed by atoms with Crippen molar-refractivity contribution in [2.45, 2.75) is 13.8 Å². The summed E-state index contributed by atoms with van der Waals surface area (Å²) in [6.07, 6.45) is 0. The third-order valence-corrected chi connectivity index (χ3v) is 3.97. The van der Waals surface area contributed by atoms with Gasteiger partial charge in [0, 0.05) is 0 Å². The quantitative estimate of drug-likeness (QED) is 0.842. The summed E-state index contributed by atoms with van der Waals surface area (Å²) in [5.41, 5.74) is 8.74. The van der Waals surface area contributed by atoms with Crippen molar-refractivity contribution in [3.8, 4) is 17.1 Å². The molecule has 2 aromatic rings. The van der Waals surface area contributed by atoms with E-state index in [4.69, 9.17) is 10.5 Å². The Morgan fingerprint density at radius 1 is 1.22 bits per heavy atom. The molecule has 0 radical (unpaired) electrons. The molecule has 4 nitrogen and oxygen atoms in total. The molecule has 1 aromatic carbocycles. The monoisotopic (exact) mass is 355 g/mol. The molecule has 2 N–H and O–H groups in total. The second kappa shape index (κ2) is 5.09. The van der Waals surface area contributed by atoms with E-state index in [1.165, 1.54) is 0 Å². The van der Waals surface area contributed by atoms with Crippen LogP contribution < -0.4 is 10.5 Å². The number of methoxy groups -OCH3 is 1. The number of ether oxygens (including phenoxy) is 1. The second-order valence-electron chi connectivity index (χ2n) is 4.04. The van der Waals surface area contributed by atoms with Crippen molar-refractivity contribution in [1.82, 2.24) is 9.97 Å². The Morgan fingerprint density at radius 2 is 1.94 bits per heavy atom. The Morgan fingerprint density at radius 3 is 2.56 bits per heavy atom. The number of nitrogens with zero attached hydrogens (tertiary/aromatic N) is 2. The summed E-state index contributed by atoms with van der Waals surface area (Å²) < 4.78 is 6.26. The van der Waals surface area contributed by atoms with Crippen LogP contribution in [0.2, 0.25) is 0 Å². The van der Waals surface area contributed by atoms with E-state index < -0.39 is 0 Å². The van der Waals surface area contributed by atoms with Crippen LogP contribution in [0.1, 0.15) is 11.3 Å². The summed E-state index contributed by atoms with van der Waals surface area (Å²) in [5, 5.41) is 0. The number of hydrogen-bond donors (Lipinski definition) is 1. The van der Waals surface area contributed by atoms with Gasteiger partial charge in [-0.05, 0) is 54.1 Å². The maximum Gasteiger partial charge on any atom is 0.165 e. The van der Waals surface area contributed by atoms with Crippen LogP contribution in [-0.2, 0) is 0 Å². The molecule has 0 bridgehead atoms. The topological polar surface area (TPSA) is 61.0 Å². The zero-order valence-electron chi connectivity index (χ0n) is 10.5. The van der Waals surface area contributed by atoms with Crippen LogP contribution in [0.4, 0.5) is 5.82 Å². The van der Waals surface area contributed by atoms with E-state index in [1.807, 2.05) is 32.0 Å². The predicted octanol–water partition coefficient (Wildman–Crippen LogP) is 2.96. The van der Waals surface area contributed by atoms with Gasteiger partial charge in [0.25, 0.3) is 0 Å². The largest absolute Gasteiger partial charge is 0.496 e. The first-order valence-electron chi connectivity index (χ1n) is 5.47. The van der Waals surface area contributed by atoms with Crippen LogP contribution >= 0.6 is 22.6 Å². The van der Waals surface area contributed by atoms with Gasteiger partial charge in [-0.15, -0.1) is 0 Å². The SMILES string of the molecule is COc1cc(C)ccc1-c1nc(C)c(I)c(N)n1. The average Bonchev–Trinajstić information content (AvgIpc) is 2.35. The average molecular weight is 355 g/mol. The van der Waals surface area contributed by atoms with Crippen LogP contribution in [0.5, 0.6) is 5.75 Å². The standard InChI is InChI=1S/C13H14IN3O/c1-7-4-5-9(10(6-7)18-3)13-16-8(2)11(14)12(15)17-13/h4-6H,1-3H3,(H2,15,16,17). The summed E-state index contributed by atoms with van der Waals surface area (Å²) in [5.74, 6) is 1.86. The molecule has 0 aliphatic heterocycles. The molecule has 0 atom stereocenters. The Hall–Kier alpha value is -1.37. The zero-order chi connectivity index (χ0) is 13.3. The van der Waals surface area contributed by atoms with Gasteiger partial charge in [-0.2, -0.15) is 0 Å². The van der Waals surface area contributed by atoms with E-state index in [0.29, 0.717) is 11.6 Å². The Kier molecular flexibility index (Phi) is 3.70. The highest BCUT2D eigenvalue weighted by atomic mass is 127. The lowest BCUT2D eigenvalue weighted by Gasteiger charge is -2.10. The van der Waals surface area contributed by atoms with E-state index in [2.05, 4.69) is 32.6 Å². The van der Waals surface area contributed by atoms with Gasteiger partial charge >= 0.3 is 0 Å². The van der Waals surface area contributed by atoms with E-state index >= 15 is 0 Å². The van der Waals surface area contributed by atoms with Crippen molar-refractivity contribution in [3.63, 3.8) is 0 Å². The highest BCUT2D eigenvalue weighted by Crippen LogP contribution is 2.30. The smallest absolute Gasteiger partial charge is 0.165 e. The molecular formula is C13H14IN3O. The van der Waals surface area contributed by atoms with Crippen LogP contribution in [0, 0.1) is 17.4 Å². The lowest BCUT2D eigenvalue weighted by molar-refractivity contribution is 0.416. The third kappa shape index (κ3) is 2.40. The number of anilines is 1. The van der Waals surface area contributed by atoms with Crippen LogP contribution in [0.25, 0.3) is 11.4 Å². The summed E-state index contributed by atoms with van der Waals surface area (Å²) in [4.78, 5) is 8.78. The van der Waals surface area contributed by atoms with Gasteiger partial charge in [0.15, 0.2) is 5.82 Å². The molecule has 0 saturated carbocycles. The lowest BCUT2D eigenvalue weighted by atomic mass is 10.1. The third-order valence-electron chi connectivity index (χ3n) is 2.64. The van der Waals surface area contributed by atoms with Crippen molar-refractivity contribution in [2.24, 2.45) is 0 Å². The number of halogens is 1. The van der Waals surface area contributed by atoms with Gasteiger partial charge in [-0.1, -0.05) is 6.07 Å². The molecule has 1 aromatic heterocycles. The molecular weight excluding hydrogens is 341 g/mol. The molecule has 0 aliphatic carbocycles. The fourth-order valence-corrected chi connectivity index (χ4v) is 1.93. The molecule has 0 spiro atoms. The van der Waals surface area contributed by atoms with Gasteiger partial charge in [-0.25, -0.2) is 9.97 Å². The van der Waals surface area contributed by atoms with Gasteiger partial charge in [-0.3, -0.25) is 0 Å². The number of hydrogen-bond acceptors (Lipinski definition) is 4. The molecule has 1 heterocycles. The van der Waals surface area contributed by atoms with E-state index in [0.717, 1.165) is 26.1 Å². The number of nitrogen functional groups attached to an aromatic ring is 1. The summed E-state index contributed by atoms with van der Waals surface area (Å²) in [7, 11) is 1.64. The van der Waals surface area contributed by atoms with Crippen molar-refractivity contribution in [3.05, 3.63) is 33.0 Å². The molecule has 2 rings (SSSR count). The van der Waals surface area contributed by atoms with E-state index in [1.54, 1.807) is 7.11 Å². The minimum Gasteiger partial charge on any atom is -0.496 e. The second-order valence-corrected chi connectivity index (χ2v) is 5.11. The van der Waals surface area contributed by atoms with Gasteiger partial charge < -0.3 is 10.5 Å². The number of aryl methyl sites for hydroxylation is 2. The molecule has 18 heavy (non-hydrogen) atoms. The van der Waals surface area contributed by atoms with Crippen LogP contribution in [0.3, 0.4) is 0 Å². The molecule has 94 valence electrons. The Labute approximate surface area is 120 Å². The molecule has 0 fully saturated rings. The first-order chi connectivity index (χ1) is 8.52. The first kappa shape index (κ1) is 13.1. The van der Waals surface area contributed by atoms with Crippen molar-refractivity contribution >= 4 is 28.4 Å². The first-order valence-corrected chi connectivity index (χ1v) is 6.55. The molecule has 0 amide bonds. The predicted molar refractivity (Wildman–Crippen MR) is 80.6 cm³/mol. The van der Waals surface area contributed by atoms with Gasteiger partial charge in [0.05, 0.1) is 21.9 Å². The van der Waals surface area contributed by atoms with Gasteiger partial charge in [0.1, 0.15) is 11.6 Å². The lowest BCUT2D eigenvalue weighted by Crippen LogP contribution is -2.03. The van der Waals surface area contributed by atoms with E-state index in [-0.39, 0.29) is 0 Å². The minimum absolute atomic E-state index is 0.501. The van der Waals surface area contributed by atoms with Crippen LogP contribution in [0.15, 0.2) is 18.2 Å². The van der Waals surface area contributed by atoms with Crippen molar-refractivity contribution in [2.75, 3.05) is 12.8 Å². The maximum atomic E-state index is 5.88. The number of benzene rings is 1. The summed E-state index contributed by atoms with van der Waals surface area (Å²) in [6.45, 7) is 3.94. The fraction of sp³-hybridized carbons (Fsp3) is 0.231. The Balaban J connectivity index is 2.62. The minimum atomic E-state index is 0.501. The highest BCUT2D eigenvalue weighted by molar-refractivity contribution is 14.1. The van der Waals surface area contributed by atoms with Crippen molar-refractivity contribution in [1.29, 1.82) is 0 Å². The summed E-state index contributed by atoms with van der Waals surface area (Å²) >= 11 is 2.15. The molecule has 5 heteroatoms. The normalized spacial score (nSPS) is 10.4. The number of nitrogens with two attached hydrogens (primary N) is 1. The highest BCUT2D eigenvalue weighted by Gasteiger charge is 2.12. The van der Waals surface area contributed by atoms with E-state index in [9.17, 15) is 0 Å². The number of aromatic nitrogens is 2. The Bertz CT molecular complexity index is 576. The molecule has 0 saturated heterocycles. The van der Waals surface area contributed by atoms with Crippen LogP contribution in [-0.4, -0.2) is 17.1 Å². The summed E-state index contributed by atoms with van der Waals surface area (Å²) in [6, 6.07) is 5.92. The fourth-order valence-electron chi connectivity index (χ4n) is 1.69. The van der Waals surface area contributed by atoms with Gasteiger partial charge in [0.2, 0.25) is 0 Å². The number of rotatable bonds is 2. The zero-order valence-corrected chi connectivity index (χ0v) is 12.6. The molecule has 0 unspecified atom stereocenters. The maximum absolute atomic E-state index is 5.88. The molecule has 0 aliphatic rings.